The van der Waals surface area contributed by atoms with Crippen molar-refractivity contribution in [2.75, 3.05) is 9.80 Å². The highest BCUT2D eigenvalue weighted by molar-refractivity contribution is 6.05. The van der Waals surface area contributed by atoms with Crippen LogP contribution in [0.4, 0.5) is 39.8 Å². The van der Waals surface area contributed by atoms with E-state index in [0.29, 0.717) is 11.3 Å². The van der Waals surface area contributed by atoms with Gasteiger partial charge in [-0.3, -0.25) is 0 Å². The Morgan fingerprint density at radius 2 is 0.841 bits per heavy atom. The quantitative estimate of drug-likeness (QED) is 0.157. The molecule has 0 atom stereocenters. The zero-order valence-corrected chi connectivity index (χ0v) is 34.1. The van der Waals surface area contributed by atoms with Crippen LogP contribution in [0.1, 0.15) is 27.8 Å². The van der Waals surface area contributed by atoms with E-state index in [2.05, 4.69) is 154 Å². The van der Waals surface area contributed by atoms with Crippen LogP contribution in [0.3, 0.4) is 0 Å². The molecule has 63 heavy (non-hydrogen) atoms. The molecule has 0 fully saturated rings. The van der Waals surface area contributed by atoms with Crippen LogP contribution in [-0.2, 0) is 5.41 Å². The normalized spacial score (nSPS) is 12.5. The molecule has 292 valence electrons. The molecule has 0 saturated carbocycles. The zero-order valence-electron chi connectivity index (χ0n) is 34.1. The van der Waals surface area contributed by atoms with Gasteiger partial charge >= 0.3 is 0 Å². The molecule has 0 amide bonds. The summed E-state index contributed by atoms with van der Waals surface area (Å²) in [6.07, 6.45) is 0. The Hall–Kier alpha value is -8.70. The lowest BCUT2D eigenvalue weighted by Crippen LogP contribution is -2.25. The Balaban J connectivity index is 1.11. The first kappa shape index (κ1) is 36.2. The van der Waals surface area contributed by atoms with E-state index in [1.807, 2.05) is 84.9 Å². The van der Waals surface area contributed by atoms with Gasteiger partial charge in [0.05, 0.1) is 28.9 Å². The molecule has 0 unspecified atom stereocenters. The van der Waals surface area contributed by atoms with Crippen LogP contribution in [0.25, 0.3) is 48.6 Å². The van der Waals surface area contributed by atoms with Crippen LogP contribution in [0, 0.1) is 17.9 Å². The predicted molar refractivity (Wildman–Crippen MR) is 258 cm³/mol. The summed E-state index contributed by atoms with van der Waals surface area (Å²) in [7, 11) is 0. The molecular formula is C59H36N4. The molecule has 0 N–H and O–H groups in total. The summed E-state index contributed by atoms with van der Waals surface area (Å²) in [4.78, 5) is 8.32. The Morgan fingerprint density at radius 1 is 0.381 bits per heavy atom. The van der Waals surface area contributed by atoms with Gasteiger partial charge in [-0.05, 0) is 157 Å². The summed E-state index contributed by atoms with van der Waals surface area (Å²) in [5, 5.41) is 14.8. The lowest BCUT2D eigenvalue weighted by Gasteiger charge is -2.31. The van der Waals surface area contributed by atoms with Gasteiger partial charge in [-0.25, -0.2) is 4.85 Å². The van der Waals surface area contributed by atoms with Crippen molar-refractivity contribution in [3.63, 3.8) is 0 Å². The van der Waals surface area contributed by atoms with Gasteiger partial charge in [-0.15, -0.1) is 0 Å². The van der Waals surface area contributed by atoms with E-state index in [1.165, 1.54) is 44.5 Å². The highest BCUT2D eigenvalue weighted by Crippen LogP contribution is 2.64. The molecule has 10 aromatic carbocycles. The molecule has 4 nitrogen and oxygen atoms in total. The number of nitrogens with zero attached hydrogens (tertiary/aromatic N) is 4. The second-order valence-electron chi connectivity index (χ2n) is 16.3. The fraction of sp³-hybridized carbons (Fsp3) is 0.0169. The van der Waals surface area contributed by atoms with Crippen molar-refractivity contribution in [1.29, 1.82) is 5.26 Å². The lowest BCUT2D eigenvalue weighted by atomic mass is 9.70. The maximum Gasteiger partial charge on any atom is 0.210 e. The standard InChI is InChI=1S/C59H36N4/c1-61-56-25-13-15-27-58(56)63(45-19-6-3-7-20-45)47-31-29-40-35-51-50-34-39-28-30-46(62(44-17-4-2-5-18-44)57-26-14-8-16-41(57)38-60)32-42(39)36-54(50)59(55(51)37-43(40)33-47)52-23-11-9-21-48(52)49-22-10-12-24-53(49)59/h2-37H. The third-order valence-corrected chi connectivity index (χ3v) is 13.0. The smallest absolute Gasteiger partial charge is 0.210 e. The number of fused-ring (bicyclic) bond motifs is 12. The summed E-state index contributed by atoms with van der Waals surface area (Å²) >= 11 is 0. The molecular weight excluding hydrogens is 765 g/mol. The van der Waals surface area contributed by atoms with Gasteiger partial charge in [-0.1, -0.05) is 127 Å². The van der Waals surface area contributed by atoms with Gasteiger partial charge in [0.25, 0.3) is 0 Å². The van der Waals surface area contributed by atoms with Crippen molar-refractivity contribution in [3.05, 3.63) is 258 Å². The predicted octanol–water partition coefficient (Wildman–Crippen LogP) is 15.7. The molecule has 2 aliphatic rings. The Bertz CT molecular complexity index is 3320. The maximum atomic E-state index is 10.3. The van der Waals surface area contributed by atoms with Crippen molar-refractivity contribution < 1.29 is 0 Å². The number of anilines is 6. The van der Waals surface area contributed by atoms with E-state index >= 15 is 0 Å². The van der Waals surface area contributed by atoms with Crippen LogP contribution in [0.15, 0.2) is 218 Å². The minimum absolute atomic E-state index is 0.575. The second kappa shape index (κ2) is 14.2. The maximum absolute atomic E-state index is 10.3. The number of para-hydroxylation sites is 5. The van der Waals surface area contributed by atoms with Crippen molar-refractivity contribution in [3.8, 4) is 28.3 Å². The third kappa shape index (κ3) is 5.39. The van der Waals surface area contributed by atoms with E-state index in [1.54, 1.807) is 0 Å². The molecule has 0 bridgehead atoms. The van der Waals surface area contributed by atoms with Gasteiger partial charge in [0.2, 0.25) is 5.69 Å². The summed E-state index contributed by atoms with van der Waals surface area (Å²) in [6, 6.07) is 79.6. The molecule has 10 aromatic rings. The van der Waals surface area contributed by atoms with Gasteiger partial charge in [-0.2, -0.15) is 5.26 Å². The van der Waals surface area contributed by atoms with Gasteiger partial charge in [0.15, 0.2) is 0 Å². The van der Waals surface area contributed by atoms with Crippen molar-refractivity contribution in [1.82, 2.24) is 0 Å². The highest BCUT2D eigenvalue weighted by Gasteiger charge is 2.51. The molecule has 12 rings (SSSR count). The Kier molecular flexibility index (Phi) is 8.16. The number of nitriles is 1. The monoisotopic (exact) mass is 800 g/mol. The summed E-state index contributed by atoms with van der Waals surface area (Å²) in [6.45, 7) is 8.06. The fourth-order valence-corrected chi connectivity index (χ4v) is 10.4. The first-order chi connectivity index (χ1) is 31.1. The van der Waals surface area contributed by atoms with Crippen LogP contribution in [0.2, 0.25) is 0 Å². The fourth-order valence-electron chi connectivity index (χ4n) is 10.4. The zero-order chi connectivity index (χ0) is 42.1. The van der Waals surface area contributed by atoms with Crippen LogP contribution < -0.4 is 9.80 Å². The highest BCUT2D eigenvalue weighted by atomic mass is 15.2. The summed E-state index contributed by atoms with van der Waals surface area (Å²) in [5.74, 6) is 0. The van der Waals surface area contributed by atoms with E-state index in [0.717, 1.165) is 55.7 Å². The third-order valence-electron chi connectivity index (χ3n) is 13.0. The molecule has 0 aliphatic heterocycles. The van der Waals surface area contributed by atoms with Crippen molar-refractivity contribution in [2.45, 2.75) is 5.41 Å². The van der Waals surface area contributed by atoms with Gasteiger partial charge < -0.3 is 9.80 Å². The number of rotatable bonds is 6. The summed E-state index contributed by atoms with van der Waals surface area (Å²) < 4.78 is 0. The van der Waals surface area contributed by atoms with E-state index in [-0.39, 0.29) is 0 Å². The molecule has 2 aliphatic carbocycles. The molecule has 4 heteroatoms. The lowest BCUT2D eigenvalue weighted by molar-refractivity contribution is 0.796. The van der Waals surface area contributed by atoms with Crippen molar-refractivity contribution >= 4 is 61.4 Å². The topological polar surface area (TPSA) is 34.6 Å². The second-order valence-corrected chi connectivity index (χ2v) is 16.3. The van der Waals surface area contributed by atoms with Crippen LogP contribution in [0.5, 0.6) is 0 Å². The molecule has 0 saturated heterocycles. The first-order valence-corrected chi connectivity index (χ1v) is 21.2. The Labute approximate surface area is 366 Å². The average Bonchev–Trinajstić information content (AvgIpc) is 3.79. The molecule has 1 spiro atoms. The molecule has 0 radical (unpaired) electrons. The number of hydrogen-bond acceptors (Lipinski definition) is 3. The summed E-state index contributed by atoms with van der Waals surface area (Å²) in [5.41, 5.74) is 16.3. The first-order valence-electron chi connectivity index (χ1n) is 21.2. The van der Waals surface area contributed by atoms with Crippen LogP contribution >= 0.6 is 0 Å². The van der Waals surface area contributed by atoms with E-state index in [9.17, 15) is 5.26 Å². The van der Waals surface area contributed by atoms with Gasteiger partial charge in [0.1, 0.15) is 6.07 Å². The largest absolute Gasteiger partial charge is 0.320 e. The van der Waals surface area contributed by atoms with Crippen LogP contribution in [-0.4, -0.2) is 0 Å². The number of hydrogen-bond donors (Lipinski definition) is 0. The number of benzene rings is 10. The van der Waals surface area contributed by atoms with E-state index < -0.39 is 5.41 Å². The minimum atomic E-state index is -0.575. The van der Waals surface area contributed by atoms with E-state index in [4.69, 9.17) is 6.57 Å². The Morgan fingerprint density at radius 3 is 1.38 bits per heavy atom. The van der Waals surface area contributed by atoms with Crippen molar-refractivity contribution in [2.24, 2.45) is 0 Å². The van der Waals surface area contributed by atoms with Gasteiger partial charge in [0, 0.05) is 22.7 Å². The SMILES string of the molecule is [C-]#[N+]c1ccccc1N(c1ccccc1)c1ccc2cc3c(cc2c1)C1(c2ccccc2-c2ccccc21)c1cc2cc(N(c4ccccc4)c4ccccc4C#N)ccc2cc1-3. The molecule has 0 heterocycles. The average molecular weight is 801 g/mol. The minimum Gasteiger partial charge on any atom is -0.320 e. The molecule has 0 aromatic heterocycles.